The molecule has 0 saturated carbocycles. The first-order chi connectivity index (χ1) is 11.7. The van der Waals surface area contributed by atoms with E-state index in [2.05, 4.69) is 34.1 Å². The molecule has 2 aliphatic heterocycles. The van der Waals surface area contributed by atoms with Crippen LogP contribution in [0.2, 0.25) is 0 Å². The van der Waals surface area contributed by atoms with E-state index in [0.29, 0.717) is 19.6 Å². The Labute approximate surface area is 143 Å². The van der Waals surface area contributed by atoms with Crippen molar-refractivity contribution in [3.05, 3.63) is 35.9 Å². The summed E-state index contributed by atoms with van der Waals surface area (Å²) in [5.74, 6) is -0.137. The van der Waals surface area contributed by atoms with Gasteiger partial charge in [0.15, 0.2) is 0 Å². The molecule has 3 rings (SSSR count). The van der Waals surface area contributed by atoms with Crippen molar-refractivity contribution in [1.82, 2.24) is 14.7 Å². The fraction of sp³-hybridized carbons (Fsp3) is 0.556. The van der Waals surface area contributed by atoms with Gasteiger partial charge in [-0.2, -0.15) is 0 Å². The fourth-order valence-corrected chi connectivity index (χ4v) is 3.44. The highest BCUT2D eigenvalue weighted by Crippen LogP contribution is 2.20. The molecule has 130 valence electrons. The van der Waals surface area contributed by atoms with Gasteiger partial charge in [0, 0.05) is 39.8 Å². The largest absolute Gasteiger partial charge is 0.383 e. The summed E-state index contributed by atoms with van der Waals surface area (Å²) in [6, 6.07) is 10.1. The van der Waals surface area contributed by atoms with Gasteiger partial charge in [-0.15, -0.1) is 0 Å². The lowest BCUT2D eigenvalue weighted by Crippen LogP contribution is -2.52. The van der Waals surface area contributed by atoms with Crippen molar-refractivity contribution in [2.45, 2.75) is 19.0 Å². The second kappa shape index (κ2) is 7.88. The number of piperazine rings is 1. The highest BCUT2D eigenvalue weighted by atomic mass is 16.5. The van der Waals surface area contributed by atoms with Crippen molar-refractivity contribution in [2.75, 3.05) is 46.4 Å². The molecule has 1 aromatic carbocycles. The maximum atomic E-state index is 12.5. The average Bonchev–Trinajstić information content (AvgIpc) is 2.89. The molecule has 2 saturated heterocycles. The van der Waals surface area contributed by atoms with E-state index in [1.807, 2.05) is 6.07 Å². The van der Waals surface area contributed by atoms with E-state index in [1.165, 1.54) is 10.5 Å². The Morgan fingerprint density at radius 3 is 2.46 bits per heavy atom. The zero-order valence-corrected chi connectivity index (χ0v) is 14.2. The summed E-state index contributed by atoms with van der Waals surface area (Å²) >= 11 is 0. The molecular weight excluding hydrogens is 306 g/mol. The van der Waals surface area contributed by atoms with Crippen molar-refractivity contribution < 1.29 is 14.3 Å². The van der Waals surface area contributed by atoms with Crippen molar-refractivity contribution in [3.63, 3.8) is 0 Å². The minimum Gasteiger partial charge on any atom is -0.383 e. The molecule has 0 radical (unpaired) electrons. The van der Waals surface area contributed by atoms with Crippen molar-refractivity contribution >= 4 is 11.8 Å². The van der Waals surface area contributed by atoms with E-state index < -0.39 is 0 Å². The highest BCUT2D eigenvalue weighted by Gasteiger charge is 2.42. The number of nitrogens with zero attached hydrogens (tertiary/aromatic N) is 3. The number of carbonyl (C=O) groups is 2. The molecule has 2 amide bonds. The number of hydrogen-bond acceptors (Lipinski definition) is 5. The average molecular weight is 331 g/mol. The number of carbonyl (C=O) groups excluding carboxylic acids is 2. The van der Waals surface area contributed by atoms with Gasteiger partial charge in [0.25, 0.3) is 0 Å². The SMILES string of the molecule is COCCN1C(=O)C[C@H](N2CCN(Cc3ccccc3)CC2)C1=O. The molecule has 2 heterocycles. The zero-order valence-electron chi connectivity index (χ0n) is 14.2. The number of amides is 2. The third-order valence-electron chi connectivity index (χ3n) is 4.84. The first-order valence-electron chi connectivity index (χ1n) is 8.52. The fourth-order valence-electron chi connectivity index (χ4n) is 3.44. The Bertz CT molecular complexity index is 570. The number of hydrogen-bond donors (Lipinski definition) is 0. The standard InChI is InChI=1S/C18H25N3O3/c1-24-12-11-21-17(22)13-16(18(21)23)20-9-7-19(8-10-20)14-15-5-3-2-4-6-15/h2-6,16H,7-14H2,1H3/t16-/m0/s1. The van der Waals surface area contributed by atoms with Crippen LogP contribution in [0.15, 0.2) is 30.3 Å². The maximum Gasteiger partial charge on any atom is 0.247 e. The van der Waals surface area contributed by atoms with Crippen LogP contribution in [0.1, 0.15) is 12.0 Å². The molecule has 1 aromatic rings. The highest BCUT2D eigenvalue weighted by molar-refractivity contribution is 6.05. The maximum absolute atomic E-state index is 12.5. The van der Waals surface area contributed by atoms with E-state index in [-0.39, 0.29) is 17.9 Å². The van der Waals surface area contributed by atoms with Gasteiger partial charge in [0.05, 0.1) is 25.6 Å². The Kier molecular flexibility index (Phi) is 5.60. The first kappa shape index (κ1) is 17.1. The minimum atomic E-state index is -0.284. The van der Waals surface area contributed by atoms with E-state index in [1.54, 1.807) is 7.11 Å². The van der Waals surface area contributed by atoms with Crippen molar-refractivity contribution in [2.24, 2.45) is 0 Å². The van der Waals surface area contributed by atoms with Crippen molar-refractivity contribution in [3.8, 4) is 0 Å². The van der Waals surface area contributed by atoms with Gasteiger partial charge in [-0.25, -0.2) is 0 Å². The molecule has 6 heteroatoms. The lowest BCUT2D eigenvalue weighted by Gasteiger charge is -2.37. The molecule has 1 atom stereocenters. The van der Waals surface area contributed by atoms with Crippen LogP contribution in [0, 0.1) is 0 Å². The summed E-state index contributed by atoms with van der Waals surface area (Å²) in [7, 11) is 1.58. The molecule has 2 fully saturated rings. The van der Waals surface area contributed by atoms with Crippen LogP contribution in [0.4, 0.5) is 0 Å². The number of imide groups is 1. The Morgan fingerprint density at radius 2 is 1.79 bits per heavy atom. The Hall–Kier alpha value is -1.76. The van der Waals surface area contributed by atoms with Crippen LogP contribution in [-0.4, -0.2) is 79.0 Å². The topological polar surface area (TPSA) is 53.1 Å². The minimum absolute atomic E-state index is 0.0615. The number of ether oxygens (including phenoxy) is 1. The summed E-state index contributed by atoms with van der Waals surface area (Å²) in [6.45, 7) is 5.19. The number of rotatable bonds is 6. The molecule has 6 nitrogen and oxygen atoms in total. The van der Waals surface area contributed by atoms with E-state index >= 15 is 0 Å². The second-order valence-corrected chi connectivity index (χ2v) is 6.39. The molecule has 0 N–H and O–H groups in total. The predicted molar refractivity (Wildman–Crippen MR) is 90.3 cm³/mol. The number of benzene rings is 1. The quantitative estimate of drug-likeness (QED) is 0.714. The molecule has 0 bridgehead atoms. The Morgan fingerprint density at radius 1 is 1.08 bits per heavy atom. The smallest absolute Gasteiger partial charge is 0.247 e. The summed E-state index contributed by atoms with van der Waals surface area (Å²) < 4.78 is 4.99. The molecule has 24 heavy (non-hydrogen) atoms. The summed E-state index contributed by atoms with van der Waals surface area (Å²) in [5.41, 5.74) is 1.31. The van der Waals surface area contributed by atoms with Gasteiger partial charge in [0.2, 0.25) is 11.8 Å². The van der Waals surface area contributed by atoms with Gasteiger partial charge in [-0.05, 0) is 5.56 Å². The van der Waals surface area contributed by atoms with Gasteiger partial charge in [0.1, 0.15) is 0 Å². The van der Waals surface area contributed by atoms with Crippen molar-refractivity contribution in [1.29, 1.82) is 0 Å². The summed E-state index contributed by atoms with van der Waals surface area (Å²) in [4.78, 5) is 30.5. The Balaban J connectivity index is 1.51. The number of methoxy groups -OCH3 is 1. The second-order valence-electron chi connectivity index (χ2n) is 6.39. The van der Waals surface area contributed by atoms with Gasteiger partial charge in [-0.1, -0.05) is 30.3 Å². The summed E-state index contributed by atoms with van der Waals surface area (Å²) in [5, 5.41) is 0. The van der Waals surface area contributed by atoms with Crippen LogP contribution in [0.5, 0.6) is 0 Å². The molecule has 0 spiro atoms. The van der Waals surface area contributed by atoms with Gasteiger partial charge >= 0.3 is 0 Å². The molecule has 0 unspecified atom stereocenters. The zero-order chi connectivity index (χ0) is 16.9. The van der Waals surface area contributed by atoms with E-state index in [0.717, 1.165) is 32.7 Å². The molecule has 2 aliphatic rings. The van der Waals surface area contributed by atoms with E-state index in [9.17, 15) is 9.59 Å². The summed E-state index contributed by atoms with van der Waals surface area (Å²) in [6.07, 6.45) is 0.307. The normalized spacial score (nSPS) is 23.2. The third-order valence-corrected chi connectivity index (χ3v) is 4.84. The molecule has 0 aliphatic carbocycles. The molecular formula is C18H25N3O3. The lowest BCUT2D eigenvalue weighted by molar-refractivity contribution is -0.140. The van der Waals surface area contributed by atoms with E-state index in [4.69, 9.17) is 4.74 Å². The number of likely N-dealkylation sites (tertiary alicyclic amines) is 1. The van der Waals surface area contributed by atoms with Gasteiger partial charge in [-0.3, -0.25) is 24.3 Å². The van der Waals surface area contributed by atoms with Crippen LogP contribution in [-0.2, 0) is 20.9 Å². The molecule has 0 aromatic heterocycles. The first-order valence-corrected chi connectivity index (χ1v) is 8.52. The van der Waals surface area contributed by atoms with Gasteiger partial charge < -0.3 is 4.74 Å². The monoisotopic (exact) mass is 331 g/mol. The van der Waals surface area contributed by atoms with Crippen LogP contribution < -0.4 is 0 Å². The van der Waals surface area contributed by atoms with Crippen LogP contribution in [0.25, 0.3) is 0 Å². The lowest BCUT2D eigenvalue weighted by atomic mass is 10.1. The van der Waals surface area contributed by atoms with Crippen LogP contribution in [0.3, 0.4) is 0 Å². The predicted octanol–water partition coefficient (Wildman–Crippen LogP) is 0.578. The van der Waals surface area contributed by atoms with Crippen LogP contribution >= 0.6 is 0 Å². The third kappa shape index (κ3) is 3.83.